The summed E-state index contributed by atoms with van der Waals surface area (Å²) in [4.78, 5) is 27.3. The zero-order valence-corrected chi connectivity index (χ0v) is 22.5. The van der Waals surface area contributed by atoms with Gasteiger partial charge in [-0.05, 0) is 60.4 Å². The van der Waals surface area contributed by atoms with Gasteiger partial charge in [-0.3, -0.25) is 9.59 Å². The van der Waals surface area contributed by atoms with Crippen LogP contribution in [0.25, 0.3) is 0 Å². The van der Waals surface area contributed by atoms with Crippen LogP contribution in [0.5, 0.6) is 0 Å². The van der Waals surface area contributed by atoms with E-state index in [1.165, 1.54) is 17.7 Å². The standard InChI is InChI=1S/C30H41F2N3O3/c1-3-5-10-35-11-9-22(17-30(35)38)16-29(37)34-27(15-24-13-25(31)18-26(32)14-24)28(36)20-33-19-23-8-6-7-21(4-2)12-23/h6-8,12-14,18,22,27-28,33,36H,3-5,9-11,15-17,19-20H2,1-2H3,(H,34,37). The molecule has 1 aliphatic rings. The summed E-state index contributed by atoms with van der Waals surface area (Å²) in [6, 6.07) is 10.6. The smallest absolute Gasteiger partial charge is 0.222 e. The van der Waals surface area contributed by atoms with E-state index in [1.807, 2.05) is 17.0 Å². The third kappa shape index (κ3) is 9.48. The molecule has 2 amide bonds. The van der Waals surface area contributed by atoms with E-state index in [0.717, 1.165) is 43.9 Å². The van der Waals surface area contributed by atoms with Gasteiger partial charge in [-0.2, -0.15) is 0 Å². The lowest BCUT2D eigenvalue weighted by atomic mass is 9.92. The van der Waals surface area contributed by atoms with Gasteiger partial charge in [0.1, 0.15) is 11.6 Å². The second-order valence-electron chi connectivity index (χ2n) is 10.3. The topological polar surface area (TPSA) is 81.7 Å². The van der Waals surface area contributed by atoms with Crippen LogP contribution in [0.2, 0.25) is 0 Å². The quantitative estimate of drug-likeness (QED) is 0.344. The Balaban J connectivity index is 1.60. The summed E-state index contributed by atoms with van der Waals surface area (Å²) in [5.74, 6) is -1.68. The molecule has 38 heavy (non-hydrogen) atoms. The first-order valence-corrected chi connectivity index (χ1v) is 13.8. The highest BCUT2D eigenvalue weighted by Gasteiger charge is 2.29. The number of hydrogen-bond acceptors (Lipinski definition) is 4. The number of hydrogen-bond donors (Lipinski definition) is 3. The third-order valence-corrected chi connectivity index (χ3v) is 7.15. The fraction of sp³-hybridized carbons (Fsp3) is 0.533. The zero-order valence-electron chi connectivity index (χ0n) is 22.5. The number of aliphatic hydroxyl groups excluding tert-OH is 1. The molecular weight excluding hydrogens is 488 g/mol. The average molecular weight is 530 g/mol. The largest absolute Gasteiger partial charge is 0.390 e. The van der Waals surface area contributed by atoms with Crippen molar-refractivity contribution in [2.24, 2.45) is 5.92 Å². The Hall–Kier alpha value is -2.84. The first-order chi connectivity index (χ1) is 18.3. The summed E-state index contributed by atoms with van der Waals surface area (Å²) in [6.07, 6.45) is 3.26. The molecule has 0 aliphatic carbocycles. The molecule has 2 aromatic rings. The lowest BCUT2D eigenvalue weighted by Crippen LogP contribution is -2.49. The summed E-state index contributed by atoms with van der Waals surface area (Å²) in [7, 11) is 0. The second kappa shape index (κ2) is 14.9. The normalized spacial score (nSPS) is 17.3. The molecule has 0 aromatic heterocycles. The Kier molecular flexibility index (Phi) is 11.7. The van der Waals surface area contributed by atoms with Crippen molar-refractivity contribution < 1.29 is 23.5 Å². The van der Waals surface area contributed by atoms with Crippen LogP contribution < -0.4 is 10.6 Å². The number of nitrogens with zero attached hydrogens (tertiary/aromatic N) is 1. The van der Waals surface area contributed by atoms with Gasteiger partial charge in [-0.1, -0.05) is 44.5 Å². The second-order valence-corrected chi connectivity index (χ2v) is 10.3. The average Bonchev–Trinajstić information content (AvgIpc) is 2.87. The molecule has 8 heteroatoms. The maximum Gasteiger partial charge on any atom is 0.222 e. The Morgan fingerprint density at radius 1 is 1.11 bits per heavy atom. The molecule has 0 spiro atoms. The molecule has 0 saturated carbocycles. The number of nitrogens with one attached hydrogen (secondary N) is 2. The maximum atomic E-state index is 13.8. The van der Waals surface area contributed by atoms with Crippen molar-refractivity contribution in [1.82, 2.24) is 15.5 Å². The van der Waals surface area contributed by atoms with Crippen molar-refractivity contribution in [3.05, 3.63) is 70.8 Å². The number of amides is 2. The molecule has 0 bridgehead atoms. The van der Waals surface area contributed by atoms with E-state index in [9.17, 15) is 23.5 Å². The molecule has 1 fully saturated rings. The van der Waals surface area contributed by atoms with Gasteiger partial charge in [0.05, 0.1) is 12.1 Å². The lowest BCUT2D eigenvalue weighted by Gasteiger charge is -2.32. The highest BCUT2D eigenvalue weighted by molar-refractivity contribution is 5.80. The number of aryl methyl sites for hydroxylation is 1. The van der Waals surface area contributed by atoms with Crippen LogP contribution in [-0.2, 0) is 29.0 Å². The Bertz CT molecular complexity index is 1040. The fourth-order valence-electron chi connectivity index (χ4n) is 4.96. The minimum Gasteiger partial charge on any atom is -0.390 e. The molecule has 3 atom stereocenters. The number of aliphatic hydroxyl groups is 1. The zero-order chi connectivity index (χ0) is 27.5. The van der Waals surface area contributed by atoms with Crippen molar-refractivity contribution in [1.29, 1.82) is 0 Å². The van der Waals surface area contributed by atoms with E-state index in [-0.39, 0.29) is 37.1 Å². The van der Waals surface area contributed by atoms with Crippen LogP contribution >= 0.6 is 0 Å². The molecular formula is C30H41F2N3O3. The molecule has 208 valence electrons. The molecule has 1 aliphatic heterocycles. The Morgan fingerprint density at radius 3 is 2.53 bits per heavy atom. The predicted octanol–water partition coefficient (Wildman–Crippen LogP) is 4.13. The van der Waals surface area contributed by atoms with Gasteiger partial charge in [-0.15, -0.1) is 0 Å². The van der Waals surface area contributed by atoms with Gasteiger partial charge in [0, 0.05) is 45.1 Å². The van der Waals surface area contributed by atoms with Gasteiger partial charge in [0.25, 0.3) is 0 Å². The molecule has 3 unspecified atom stereocenters. The predicted molar refractivity (Wildman–Crippen MR) is 144 cm³/mol. The summed E-state index contributed by atoms with van der Waals surface area (Å²) < 4.78 is 27.6. The number of likely N-dealkylation sites (tertiary alicyclic amines) is 1. The van der Waals surface area contributed by atoms with Gasteiger partial charge in [0.2, 0.25) is 11.8 Å². The molecule has 1 saturated heterocycles. The number of halogens is 2. The highest BCUT2D eigenvalue weighted by atomic mass is 19.1. The van der Waals surface area contributed by atoms with Gasteiger partial charge < -0.3 is 20.6 Å². The minimum atomic E-state index is -0.989. The van der Waals surface area contributed by atoms with E-state index in [1.54, 1.807) is 0 Å². The van der Waals surface area contributed by atoms with E-state index in [2.05, 4.69) is 36.6 Å². The van der Waals surface area contributed by atoms with E-state index < -0.39 is 23.8 Å². The van der Waals surface area contributed by atoms with E-state index in [0.29, 0.717) is 25.1 Å². The van der Waals surface area contributed by atoms with Crippen molar-refractivity contribution in [3.63, 3.8) is 0 Å². The molecule has 2 aromatic carbocycles. The van der Waals surface area contributed by atoms with Crippen LogP contribution in [0.15, 0.2) is 42.5 Å². The van der Waals surface area contributed by atoms with Gasteiger partial charge >= 0.3 is 0 Å². The van der Waals surface area contributed by atoms with E-state index >= 15 is 0 Å². The number of carbonyl (C=O) groups excluding carboxylic acids is 2. The molecule has 1 heterocycles. The SMILES string of the molecule is CCCCN1CCC(CC(=O)NC(Cc2cc(F)cc(F)c2)C(O)CNCc2cccc(CC)c2)CC1=O. The number of unbranched alkanes of at least 4 members (excludes halogenated alkanes) is 1. The minimum absolute atomic E-state index is 0.0613. The molecule has 6 nitrogen and oxygen atoms in total. The Labute approximate surface area is 224 Å². The van der Waals surface area contributed by atoms with Crippen molar-refractivity contribution in [3.8, 4) is 0 Å². The van der Waals surface area contributed by atoms with E-state index in [4.69, 9.17) is 0 Å². The molecule has 0 radical (unpaired) electrons. The van der Waals surface area contributed by atoms with Crippen molar-refractivity contribution in [2.75, 3.05) is 19.6 Å². The summed E-state index contributed by atoms with van der Waals surface area (Å²) in [6.45, 7) is 6.30. The Morgan fingerprint density at radius 2 is 1.84 bits per heavy atom. The third-order valence-electron chi connectivity index (χ3n) is 7.15. The van der Waals surface area contributed by atoms with Gasteiger partial charge in [0.15, 0.2) is 0 Å². The highest BCUT2D eigenvalue weighted by Crippen LogP contribution is 2.22. The van der Waals surface area contributed by atoms with Crippen LogP contribution in [0.4, 0.5) is 8.78 Å². The lowest BCUT2D eigenvalue weighted by molar-refractivity contribution is -0.135. The number of carbonyl (C=O) groups is 2. The summed E-state index contributed by atoms with van der Waals surface area (Å²) >= 11 is 0. The first-order valence-electron chi connectivity index (χ1n) is 13.8. The number of piperidine rings is 1. The monoisotopic (exact) mass is 529 g/mol. The maximum absolute atomic E-state index is 13.8. The van der Waals surface area contributed by atoms with Crippen LogP contribution in [0, 0.1) is 17.6 Å². The van der Waals surface area contributed by atoms with Crippen molar-refractivity contribution in [2.45, 2.75) is 77.5 Å². The van der Waals surface area contributed by atoms with Crippen LogP contribution in [0.1, 0.15) is 62.6 Å². The summed E-state index contributed by atoms with van der Waals surface area (Å²) in [5.41, 5.74) is 2.65. The van der Waals surface area contributed by atoms with Gasteiger partial charge in [-0.25, -0.2) is 8.78 Å². The van der Waals surface area contributed by atoms with Crippen LogP contribution in [-0.4, -0.2) is 53.6 Å². The summed E-state index contributed by atoms with van der Waals surface area (Å²) in [5, 5.41) is 17.1. The first kappa shape index (κ1) is 29.7. The molecule has 3 rings (SSSR count). The number of benzene rings is 2. The fourth-order valence-corrected chi connectivity index (χ4v) is 4.96. The van der Waals surface area contributed by atoms with Crippen LogP contribution in [0.3, 0.4) is 0 Å². The molecule has 3 N–H and O–H groups in total. The number of rotatable bonds is 14. The van der Waals surface area contributed by atoms with Crippen molar-refractivity contribution >= 4 is 11.8 Å².